The molecular weight excluding hydrogens is 228 g/mol. The Morgan fingerprint density at radius 1 is 1.44 bits per heavy atom. The summed E-state index contributed by atoms with van der Waals surface area (Å²) in [7, 11) is 0. The van der Waals surface area contributed by atoms with Gasteiger partial charge in [-0.25, -0.2) is 4.98 Å². The lowest BCUT2D eigenvalue weighted by Gasteiger charge is -2.23. The molecule has 0 aliphatic carbocycles. The lowest BCUT2D eigenvalue weighted by atomic mass is 9.92. The molecule has 1 aromatic heterocycles. The average Bonchev–Trinajstić information content (AvgIpc) is 2.87. The van der Waals surface area contributed by atoms with E-state index in [1.807, 2.05) is 25.1 Å². The Bertz CT molecular complexity index is 549. The molecule has 94 valence electrons. The van der Waals surface area contributed by atoms with Gasteiger partial charge < -0.3 is 10.5 Å². The fourth-order valence-corrected chi connectivity index (χ4v) is 2.27. The van der Waals surface area contributed by atoms with Crippen LogP contribution < -0.4 is 10.5 Å². The fraction of sp³-hybridized carbons (Fsp3) is 0.385. The van der Waals surface area contributed by atoms with E-state index in [1.54, 1.807) is 0 Å². The molecule has 0 amide bonds. The van der Waals surface area contributed by atoms with Gasteiger partial charge in [-0.05, 0) is 19.4 Å². The Kier molecular flexibility index (Phi) is 2.76. The van der Waals surface area contributed by atoms with E-state index < -0.39 is 0 Å². The predicted octanol–water partition coefficient (Wildman–Crippen LogP) is 1.74. The molecule has 2 unspecified atom stereocenters. The highest BCUT2D eigenvalue weighted by molar-refractivity contribution is 5.40. The van der Waals surface area contributed by atoms with Crippen molar-refractivity contribution in [3.63, 3.8) is 0 Å². The van der Waals surface area contributed by atoms with Crippen molar-refractivity contribution in [2.75, 3.05) is 6.61 Å². The number of H-pyrrole nitrogens is 1. The van der Waals surface area contributed by atoms with Crippen LogP contribution in [-0.4, -0.2) is 21.8 Å². The summed E-state index contributed by atoms with van der Waals surface area (Å²) in [6.07, 6.45) is 0.907. The molecule has 2 aromatic rings. The highest BCUT2D eigenvalue weighted by Gasteiger charge is 2.25. The number of nitrogens with zero attached hydrogens (tertiary/aromatic N) is 2. The quantitative estimate of drug-likeness (QED) is 0.843. The predicted molar refractivity (Wildman–Crippen MR) is 67.4 cm³/mol. The molecule has 0 bridgehead atoms. The molecule has 2 atom stereocenters. The van der Waals surface area contributed by atoms with E-state index in [2.05, 4.69) is 21.2 Å². The second-order valence-electron chi connectivity index (χ2n) is 4.60. The molecule has 3 N–H and O–H groups in total. The maximum atomic E-state index is 5.78. The number of hydrogen-bond donors (Lipinski definition) is 2. The summed E-state index contributed by atoms with van der Waals surface area (Å²) in [5.41, 5.74) is 6.94. The molecule has 0 spiro atoms. The zero-order chi connectivity index (χ0) is 12.5. The maximum Gasteiger partial charge on any atom is 0.167 e. The van der Waals surface area contributed by atoms with Crippen LogP contribution in [0.4, 0.5) is 0 Å². The van der Waals surface area contributed by atoms with Crippen LogP contribution in [0.5, 0.6) is 5.75 Å². The van der Waals surface area contributed by atoms with Crippen molar-refractivity contribution in [2.45, 2.75) is 25.3 Å². The lowest BCUT2D eigenvalue weighted by molar-refractivity contribution is 0.274. The molecule has 0 radical (unpaired) electrons. The number of aromatic amines is 1. The van der Waals surface area contributed by atoms with E-state index in [-0.39, 0.29) is 12.0 Å². The fourth-order valence-electron chi connectivity index (χ4n) is 2.27. The number of nitrogens with two attached hydrogens (primary N) is 1. The summed E-state index contributed by atoms with van der Waals surface area (Å²) in [4.78, 5) is 4.49. The van der Waals surface area contributed by atoms with E-state index in [9.17, 15) is 0 Å². The molecule has 5 nitrogen and oxygen atoms in total. The molecule has 0 saturated heterocycles. The first-order chi connectivity index (χ1) is 8.75. The van der Waals surface area contributed by atoms with Gasteiger partial charge in [-0.15, -0.1) is 0 Å². The number of hydrogen-bond acceptors (Lipinski definition) is 4. The van der Waals surface area contributed by atoms with Crippen molar-refractivity contribution < 1.29 is 4.74 Å². The summed E-state index contributed by atoms with van der Waals surface area (Å²) in [6, 6.07) is 7.92. The normalized spacial score (nSPS) is 20.0. The first kappa shape index (κ1) is 11.2. The molecule has 2 heterocycles. The number of aromatic nitrogens is 3. The van der Waals surface area contributed by atoms with Crippen LogP contribution in [0.2, 0.25) is 0 Å². The number of rotatable bonds is 2. The minimum atomic E-state index is -0.148. The van der Waals surface area contributed by atoms with E-state index >= 15 is 0 Å². The molecule has 18 heavy (non-hydrogen) atoms. The van der Waals surface area contributed by atoms with Crippen LogP contribution in [0.15, 0.2) is 24.3 Å². The summed E-state index contributed by atoms with van der Waals surface area (Å²) in [5, 5.41) is 7.16. The van der Waals surface area contributed by atoms with Crippen molar-refractivity contribution in [3.8, 4) is 5.75 Å². The molecule has 0 fully saturated rings. The third-order valence-corrected chi connectivity index (χ3v) is 3.22. The summed E-state index contributed by atoms with van der Waals surface area (Å²) < 4.78 is 5.64. The average molecular weight is 244 g/mol. The number of fused-ring (bicyclic) bond motifs is 1. The lowest BCUT2D eigenvalue weighted by Crippen LogP contribution is -2.16. The van der Waals surface area contributed by atoms with Gasteiger partial charge in [0.1, 0.15) is 11.6 Å². The van der Waals surface area contributed by atoms with E-state index in [0.717, 1.165) is 23.6 Å². The van der Waals surface area contributed by atoms with Crippen LogP contribution in [0.1, 0.15) is 42.5 Å². The van der Waals surface area contributed by atoms with Crippen LogP contribution in [-0.2, 0) is 0 Å². The largest absolute Gasteiger partial charge is 0.493 e. The van der Waals surface area contributed by atoms with Gasteiger partial charge in [0.25, 0.3) is 0 Å². The summed E-state index contributed by atoms with van der Waals surface area (Å²) in [6.45, 7) is 2.58. The van der Waals surface area contributed by atoms with Crippen LogP contribution >= 0.6 is 0 Å². The molecule has 3 rings (SSSR count). The minimum absolute atomic E-state index is 0.148. The first-order valence-electron chi connectivity index (χ1n) is 6.15. The van der Waals surface area contributed by atoms with Crippen molar-refractivity contribution in [1.29, 1.82) is 0 Å². The third-order valence-electron chi connectivity index (χ3n) is 3.22. The summed E-state index contributed by atoms with van der Waals surface area (Å²) >= 11 is 0. The van der Waals surface area contributed by atoms with Crippen molar-refractivity contribution in [1.82, 2.24) is 15.2 Å². The first-order valence-corrected chi connectivity index (χ1v) is 6.15. The summed E-state index contributed by atoms with van der Waals surface area (Å²) in [5.74, 6) is 2.69. The van der Waals surface area contributed by atoms with E-state index in [1.165, 1.54) is 0 Å². The molecule has 1 aliphatic heterocycles. The number of ether oxygens (including phenoxy) is 1. The Hall–Kier alpha value is -1.88. The third kappa shape index (κ3) is 1.86. The van der Waals surface area contributed by atoms with Gasteiger partial charge in [-0.1, -0.05) is 18.2 Å². The zero-order valence-electron chi connectivity index (χ0n) is 10.3. The molecule has 1 aromatic carbocycles. The highest BCUT2D eigenvalue weighted by atomic mass is 16.5. The molecule has 1 aliphatic rings. The van der Waals surface area contributed by atoms with Gasteiger partial charge in [-0.2, -0.15) is 5.10 Å². The van der Waals surface area contributed by atoms with Gasteiger partial charge in [0.15, 0.2) is 5.82 Å². The Balaban J connectivity index is 1.97. The zero-order valence-corrected chi connectivity index (χ0v) is 10.3. The number of para-hydroxylation sites is 1. The van der Waals surface area contributed by atoms with Crippen LogP contribution in [0, 0.1) is 0 Å². The highest BCUT2D eigenvalue weighted by Crippen LogP contribution is 2.36. The number of nitrogens with one attached hydrogen (secondary N) is 1. The van der Waals surface area contributed by atoms with Crippen molar-refractivity contribution in [3.05, 3.63) is 41.5 Å². The van der Waals surface area contributed by atoms with Gasteiger partial charge >= 0.3 is 0 Å². The Labute approximate surface area is 105 Å². The maximum absolute atomic E-state index is 5.78. The Morgan fingerprint density at radius 2 is 2.28 bits per heavy atom. The topological polar surface area (TPSA) is 76.8 Å². The van der Waals surface area contributed by atoms with E-state index in [4.69, 9.17) is 10.5 Å². The van der Waals surface area contributed by atoms with E-state index in [0.29, 0.717) is 12.4 Å². The standard InChI is InChI=1S/C13H16N4O/c1-8(14)12-15-13(17-16-12)10-6-7-18-11-5-3-2-4-9(10)11/h2-5,8,10H,6-7,14H2,1H3,(H,15,16,17). The van der Waals surface area contributed by atoms with Gasteiger partial charge in [0.2, 0.25) is 0 Å². The van der Waals surface area contributed by atoms with Crippen LogP contribution in [0.25, 0.3) is 0 Å². The Morgan fingerprint density at radius 3 is 3.06 bits per heavy atom. The monoisotopic (exact) mass is 244 g/mol. The second-order valence-corrected chi connectivity index (χ2v) is 4.60. The number of benzene rings is 1. The molecule has 5 heteroatoms. The van der Waals surface area contributed by atoms with Crippen LogP contribution in [0.3, 0.4) is 0 Å². The van der Waals surface area contributed by atoms with Gasteiger partial charge in [0, 0.05) is 5.56 Å². The van der Waals surface area contributed by atoms with Crippen molar-refractivity contribution in [2.24, 2.45) is 5.73 Å². The van der Waals surface area contributed by atoms with Gasteiger partial charge in [0.05, 0.1) is 18.6 Å². The SMILES string of the molecule is CC(N)c1n[nH]c(C2CCOc3ccccc32)n1. The molecular formula is C13H16N4O. The van der Waals surface area contributed by atoms with Gasteiger partial charge in [-0.3, -0.25) is 5.10 Å². The van der Waals surface area contributed by atoms with Crippen molar-refractivity contribution >= 4 is 0 Å². The smallest absolute Gasteiger partial charge is 0.167 e. The minimum Gasteiger partial charge on any atom is -0.493 e. The molecule has 0 saturated carbocycles. The second kappa shape index (κ2) is 4.42.